The molecule has 3 aromatic carbocycles. The summed E-state index contributed by atoms with van der Waals surface area (Å²) >= 11 is 0. The Hall–Kier alpha value is -3.61. The molecule has 2 aliphatic rings. The Kier molecular flexibility index (Phi) is 7.03. The van der Waals surface area contributed by atoms with E-state index in [1.807, 2.05) is 53.4 Å². The van der Waals surface area contributed by atoms with Crippen molar-refractivity contribution in [3.05, 3.63) is 72.8 Å². The Morgan fingerprint density at radius 1 is 1.00 bits per heavy atom. The smallest absolute Gasteiger partial charge is 0.453 e. The van der Waals surface area contributed by atoms with Crippen LogP contribution in [0.2, 0.25) is 0 Å². The summed E-state index contributed by atoms with van der Waals surface area (Å²) in [5.74, 6) is 0.825. The number of hydrogen-bond donors (Lipinski definition) is 1. The van der Waals surface area contributed by atoms with Gasteiger partial charge in [0.25, 0.3) is 0 Å². The van der Waals surface area contributed by atoms with Crippen LogP contribution in [0, 0.1) is 0 Å². The van der Waals surface area contributed by atoms with Gasteiger partial charge in [-0.2, -0.15) is 0 Å². The van der Waals surface area contributed by atoms with E-state index in [2.05, 4.69) is 14.1 Å². The van der Waals surface area contributed by atoms with E-state index in [0.29, 0.717) is 11.5 Å². The number of ether oxygens (including phenoxy) is 3. The number of nitrogens with zero attached hydrogens (tertiary/aromatic N) is 3. The SMILES string of the molecule is CN=S(=O)(C=N[C@@H]1COC[C@H](N2c3ccccc3Oc3ccccc32)[C@H]1O)c1ccc(OC(F)(F)F)cc1. The molecular formula is C26H24F3N3O5S. The molecule has 0 aromatic heterocycles. The van der Waals surface area contributed by atoms with E-state index in [9.17, 15) is 22.5 Å². The van der Waals surface area contributed by atoms with Gasteiger partial charge in [0.05, 0.1) is 41.1 Å². The van der Waals surface area contributed by atoms with E-state index in [1.165, 1.54) is 19.2 Å². The average molecular weight is 548 g/mol. The van der Waals surface area contributed by atoms with Gasteiger partial charge in [-0.3, -0.25) is 4.99 Å². The largest absolute Gasteiger partial charge is 0.573 e. The maximum Gasteiger partial charge on any atom is 0.573 e. The first-order chi connectivity index (χ1) is 18.2. The molecule has 38 heavy (non-hydrogen) atoms. The highest BCUT2D eigenvalue weighted by atomic mass is 32.2. The number of hydrogen-bond acceptors (Lipinski definition) is 8. The topological polar surface area (TPSA) is 93.0 Å². The molecule has 0 bridgehead atoms. The van der Waals surface area contributed by atoms with Gasteiger partial charge in [-0.15, -0.1) is 13.2 Å². The highest BCUT2D eigenvalue weighted by molar-refractivity contribution is 8.06. The number of anilines is 2. The summed E-state index contributed by atoms with van der Waals surface area (Å²) in [4.78, 5) is 6.49. The van der Waals surface area contributed by atoms with Crippen LogP contribution in [0.3, 0.4) is 0 Å². The maximum absolute atomic E-state index is 13.5. The van der Waals surface area contributed by atoms with E-state index >= 15 is 0 Å². The minimum absolute atomic E-state index is 0.0827. The molecule has 8 nitrogen and oxygen atoms in total. The summed E-state index contributed by atoms with van der Waals surface area (Å²) in [6, 6.07) is 18.2. The first-order valence-corrected chi connectivity index (χ1v) is 13.2. The molecule has 3 aromatic rings. The molecule has 0 spiro atoms. The predicted octanol–water partition coefficient (Wildman–Crippen LogP) is 5.14. The molecule has 1 fully saturated rings. The van der Waals surface area contributed by atoms with Gasteiger partial charge in [0, 0.05) is 7.05 Å². The van der Waals surface area contributed by atoms with Crippen molar-refractivity contribution in [2.75, 3.05) is 25.2 Å². The Labute approximate surface area is 217 Å². The van der Waals surface area contributed by atoms with Crippen LogP contribution in [0.15, 0.2) is 87.0 Å². The minimum atomic E-state index is -4.84. The van der Waals surface area contributed by atoms with E-state index < -0.39 is 40.0 Å². The molecule has 200 valence electrons. The van der Waals surface area contributed by atoms with E-state index in [1.54, 1.807) is 0 Å². The number of benzene rings is 3. The summed E-state index contributed by atoms with van der Waals surface area (Å²) in [6.45, 7) is 0.295. The molecule has 0 aliphatic carbocycles. The van der Waals surface area contributed by atoms with Gasteiger partial charge in [-0.05, 0) is 48.5 Å². The minimum Gasteiger partial charge on any atom is -0.453 e. The zero-order chi connectivity index (χ0) is 26.9. The normalized spacial score (nSPS) is 22.7. The molecule has 5 rings (SSSR count). The lowest BCUT2D eigenvalue weighted by atomic mass is 9.98. The Balaban J connectivity index is 1.41. The van der Waals surface area contributed by atoms with Crippen molar-refractivity contribution in [2.24, 2.45) is 9.36 Å². The van der Waals surface area contributed by atoms with Gasteiger partial charge < -0.3 is 24.2 Å². The van der Waals surface area contributed by atoms with E-state index in [0.717, 1.165) is 29.1 Å². The summed E-state index contributed by atoms with van der Waals surface area (Å²) in [6.07, 6.45) is -5.85. The van der Waals surface area contributed by atoms with Crippen LogP contribution in [0.25, 0.3) is 0 Å². The van der Waals surface area contributed by atoms with Crippen molar-refractivity contribution in [2.45, 2.75) is 29.4 Å². The van der Waals surface area contributed by atoms with Gasteiger partial charge >= 0.3 is 6.36 Å². The fraction of sp³-hybridized carbons (Fsp3) is 0.269. The molecule has 1 saturated heterocycles. The monoisotopic (exact) mass is 547 g/mol. The number of aliphatic imine (C=N–C) groups is 1. The summed E-state index contributed by atoms with van der Waals surface area (Å²) in [7, 11) is -1.91. The second-order valence-corrected chi connectivity index (χ2v) is 10.8. The third-order valence-electron chi connectivity index (χ3n) is 6.23. The number of fused-ring (bicyclic) bond motifs is 2. The van der Waals surface area contributed by atoms with Gasteiger partial charge in [0.2, 0.25) is 0 Å². The molecule has 0 saturated carbocycles. The molecule has 0 amide bonds. The lowest BCUT2D eigenvalue weighted by Gasteiger charge is -2.43. The van der Waals surface area contributed by atoms with Crippen molar-refractivity contribution in [3.63, 3.8) is 0 Å². The van der Waals surface area contributed by atoms with Gasteiger partial charge in [0.1, 0.15) is 27.6 Å². The Morgan fingerprint density at radius 2 is 1.61 bits per heavy atom. The second-order valence-electron chi connectivity index (χ2n) is 8.60. The first kappa shape index (κ1) is 26.0. The fourth-order valence-corrected chi connectivity index (χ4v) is 5.70. The quantitative estimate of drug-likeness (QED) is 0.351. The van der Waals surface area contributed by atoms with Crippen molar-refractivity contribution >= 4 is 26.7 Å². The van der Waals surface area contributed by atoms with Gasteiger partial charge in [0.15, 0.2) is 11.5 Å². The molecule has 12 heteroatoms. The standard InChI is InChI=1S/C26H24F3N3O5S/c1-30-38(34,18-12-10-17(11-13-18)37-26(27,28)29)16-31-19-14-35-15-22(25(19)33)32-20-6-2-4-8-23(20)36-24-9-5-3-7-21(24)32/h2-13,16,19,22,25,33H,14-15H2,1H3/t19-,22+,25+,38?/m1/s1. The number of alkyl halides is 3. The lowest BCUT2D eigenvalue weighted by molar-refractivity contribution is -0.274. The molecular weight excluding hydrogens is 523 g/mol. The molecule has 2 heterocycles. The van der Waals surface area contributed by atoms with Crippen LogP contribution in [0.1, 0.15) is 0 Å². The first-order valence-electron chi connectivity index (χ1n) is 11.6. The Morgan fingerprint density at radius 3 is 2.18 bits per heavy atom. The molecule has 1 unspecified atom stereocenters. The Bertz CT molecular complexity index is 1410. The summed E-state index contributed by atoms with van der Waals surface area (Å²) in [5.41, 5.74) is 2.65. The van der Waals surface area contributed by atoms with Crippen LogP contribution in [0.4, 0.5) is 24.5 Å². The third kappa shape index (κ3) is 5.19. The lowest BCUT2D eigenvalue weighted by Crippen LogP contribution is -2.54. The molecule has 0 radical (unpaired) electrons. The molecule has 4 atom stereocenters. The number of aliphatic hydroxyl groups is 1. The fourth-order valence-electron chi connectivity index (χ4n) is 4.42. The summed E-state index contributed by atoms with van der Waals surface area (Å²) < 4.78 is 70.6. The van der Waals surface area contributed by atoms with Crippen LogP contribution in [-0.4, -0.2) is 59.7 Å². The number of halogens is 3. The number of rotatable bonds is 5. The third-order valence-corrected chi connectivity index (χ3v) is 8.13. The average Bonchev–Trinajstić information content (AvgIpc) is 2.91. The number of para-hydroxylation sites is 4. The summed E-state index contributed by atoms with van der Waals surface area (Å²) in [5, 5.41) is 11.4. The van der Waals surface area contributed by atoms with Crippen LogP contribution in [-0.2, 0) is 14.5 Å². The predicted molar refractivity (Wildman–Crippen MR) is 136 cm³/mol. The van der Waals surface area contributed by atoms with Crippen molar-refractivity contribution in [3.8, 4) is 17.2 Å². The van der Waals surface area contributed by atoms with E-state index in [-0.39, 0.29) is 18.1 Å². The van der Waals surface area contributed by atoms with Crippen LogP contribution in [0.5, 0.6) is 17.2 Å². The van der Waals surface area contributed by atoms with Crippen molar-refractivity contribution in [1.29, 1.82) is 0 Å². The van der Waals surface area contributed by atoms with Crippen LogP contribution >= 0.6 is 0 Å². The maximum atomic E-state index is 13.5. The van der Waals surface area contributed by atoms with E-state index in [4.69, 9.17) is 9.47 Å². The second kappa shape index (κ2) is 10.3. The molecule has 1 N–H and O–H groups in total. The highest BCUT2D eigenvalue weighted by Crippen LogP contribution is 2.48. The van der Waals surface area contributed by atoms with Gasteiger partial charge in [-0.1, -0.05) is 24.3 Å². The zero-order valence-electron chi connectivity index (χ0n) is 20.1. The molecule has 2 aliphatic heterocycles. The van der Waals surface area contributed by atoms with Gasteiger partial charge in [-0.25, -0.2) is 8.57 Å². The van der Waals surface area contributed by atoms with Crippen LogP contribution < -0.4 is 14.4 Å². The number of aliphatic hydroxyl groups excluding tert-OH is 1. The van der Waals surface area contributed by atoms with Crippen molar-refractivity contribution in [1.82, 2.24) is 0 Å². The highest BCUT2D eigenvalue weighted by Gasteiger charge is 2.40. The van der Waals surface area contributed by atoms with Crippen molar-refractivity contribution < 1.29 is 36.7 Å². The zero-order valence-corrected chi connectivity index (χ0v) is 20.9.